The molecule has 0 spiro atoms. The number of quaternary nitrogens is 1. The van der Waals surface area contributed by atoms with Gasteiger partial charge in [-0.1, -0.05) is 53.5 Å². The van der Waals surface area contributed by atoms with Crippen molar-refractivity contribution in [3.05, 3.63) is 69.7 Å². The van der Waals surface area contributed by atoms with E-state index in [4.69, 9.17) is 23.2 Å². The summed E-state index contributed by atoms with van der Waals surface area (Å²) < 4.78 is 0. The number of carbonyl (C=O) groups is 1. The lowest BCUT2D eigenvalue weighted by Crippen LogP contribution is -3.13. The highest BCUT2D eigenvalue weighted by molar-refractivity contribution is 6.42. The van der Waals surface area contributed by atoms with Crippen molar-refractivity contribution in [3.8, 4) is 0 Å². The van der Waals surface area contributed by atoms with Gasteiger partial charge in [-0.3, -0.25) is 4.79 Å². The fourth-order valence-electron chi connectivity index (χ4n) is 2.90. The molecule has 23 heavy (non-hydrogen) atoms. The summed E-state index contributed by atoms with van der Waals surface area (Å²) >= 11 is 11.9. The van der Waals surface area contributed by atoms with Crippen LogP contribution in [0.2, 0.25) is 10.0 Å². The lowest BCUT2D eigenvalue weighted by atomic mass is 10.1. The molecule has 0 bridgehead atoms. The SMILES string of the molecule is O=C(c1ccc(Cl)c(Cl)c1)N1CC[NH+](Cc2ccccc2)CC1. The summed E-state index contributed by atoms with van der Waals surface area (Å²) in [7, 11) is 0. The Kier molecular flexibility index (Phi) is 5.21. The van der Waals surface area contributed by atoms with Crippen LogP contribution in [0.4, 0.5) is 0 Å². The maximum absolute atomic E-state index is 12.5. The molecule has 0 aromatic heterocycles. The van der Waals surface area contributed by atoms with E-state index in [0.29, 0.717) is 15.6 Å². The standard InChI is InChI=1S/C18H18Cl2N2O/c19-16-7-6-15(12-17(16)20)18(23)22-10-8-21(9-11-22)13-14-4-2-1-3-5-14/h1-7,12H,8-11,13H2/p+1. The molecule has 3 rings (SSSR count). The number of piperazine rings is 1. The fourth-order valence-corrected chi connectivity index (χ4v) is 3.20. The minimum atomic E-state index is 0.0299. The van der Waals surface area contributed by atoms with Crippen molar-refractivity contribution in [2.45, 2.75) is 6.54 Å². The zero-order chi connectivity index (χ0) is 16.2. The summed E-state index contributed by atoms with van der Waals surface area (Å²) in [6, 6.07) is 15.5. The maximum Gasteiger partial charge on any atom is 0.254 e. The molecule has 3 nitrogen and oxygen atoms in total. The maximum atomic E-state index is 12.5. The molecule has 1 fully saturated rings. The van der Waals surface area contributed by atoms with Gasteiger partial charge in [-0.15, -0.1) is 0 Å². The van der Waals surface area contributed by atoms with Crippen LogP contribution in [0.15, 0.2) is 48.5 Å². The first-order chi connectivity index (χ1) is 11.1. The van der Waals surface area contributed by atoms with Gasteiger partial charge in [0.25, 0.3) is 5.91 Å². The van der Waals surface area contributed by atoms with Gasteiger partial charge in [-0.05, 0) is 18.2 Å². The predicted molar refractivity (Wildman–Crippen MR) is 93.2 cm³/mol. The Morgan fingerprint density at radius 2 is 1.70 bits per heavy atom. The van der Waals surface area contributed by atoms with E-state index in [1.54, 1.807) is 18.2 Å². The van der Waals surface area contributed by atoms with E-state index in [2.05, 4.69) is 24.3 Å². The van der Waals surface area contributed by atoms with E-state index < -0.39 is 0 Å². The predicted octanol–water partition coefficient (Wildman–Crippen LogP) is 2.53. The number of rotatable bonds is 3. The topological polar surface area (TPSA) is 24.8 Å². The Balaban J connectivity index is 1.58. The number of carbonyl (C=O) groups excluding carboxylic acids is 1. The second-order valence-electron chi connectivity index (χ2n) is 5.83. The summed E-state index contributed by atoms with van der Waals surface area (Å²) in [6.45, 7) is 4.46. The number of amides is 1. The third-order valence-corrected chi connectivity index (χ3v) is 4.96. The summed E-state index contributed by atoms with van der Waals surface area (Å²) in [4.78, 5) is 15.9. The van der Waals surface area contributed by atoms with Gasteiger partial charge in [-0.25, -0.2) is 0 Å². The van der Waals surface area contributed by atoms with E-state index >= 15 is 0 Å². The number of nitrogens with one attached hydrogen (secondary N) is 1. The number of nitrogens with zero attached hydrogens (tertiary/aromatic N) is 1. The van der Waals surface area contributed by atoms with Gasteiger partial charge in [0.2, 0.25) is 0 Å². The summed E-state index contributed by atoms with van der Waals surface area (Å²) in [5.41, 5.74) is 1.94. The zero-order valence-electron chi connectivity index (χ0n) is 12.8. The molecule has 0 radical (unpaired) electrons. The van der Waals surface area contributed by atoms with Crippen LogP contribution < -0.4 is 4.90 Å². The first kappa shape index (κ1) is 16.3. The van der Waals surface area contributed by atoms with Gasteiger partial charge in [-0.2, -0.15) is 0 Å². The van der Waals surface area contributed by atoms with E-state index in [0.717, 1.165) is 32.7 Å². The molecule has 0 saturated carbocycles. The highest BCUT2D eigenvalue weighted by Crippen LogP contribution is 2.23. The highest BCUT2D eigenvalue weighted by atomic mass is 35.5. The Labute approximate surface area is 146 Å². The minimum absolute atomic E-state index is 0.0299. The van der Waals surface area contributed by atoms with Crippen LogP contribution in [-0.2, 0) is 6.54 Å². The lowest BCUT2D eigenvalue weighted by molar-refractivity contribution is -0.917. The van der Waals surface area contributed by atoms with E-state index in [1.165, 1.54) is 10.5 Å². The second kappa shape index (κ2) is 7.35. The van der Waals surface area contributed by atoms with Crippen molar-refractivity contribution >= 4 is 29.1 Å². The first-order valence-electron chi connectivity index (χ1n) is 7.75. The number of hydrogen-bond acceptors (Lipinski definition) is 1. The minimum Gasteiger partial charge on any atom is -0.328 e. The average molecular weight is 350 g/mol. The summed E-state index contributed by atoms with van der Waals surface area (Å²) in [5, 5.41) is 0.895. The van der Waals surface area contributed by atoms with Gasteiger partial charge < -0.3 is 9.80 Å². The van der Waals surface area contributed by atoms with E-state index in [1.807, 2.05) is 11.0 Å². The van der Waals surface area contributed by atoms with Gasteiger partial charge in [0.1, 0.15) is 6.54 Å². The first-order valence-corrected chi connectivity index (χ1v) is 8.51. The second-order valence-corrected chi connectivity index (χ2v) is 6.65. The van der Waals surface area contributed by atoms with Crippen molar-refractivity contribution < 1.29 is 9.69 Å². The third-order valence-electron chi connectivity index (χ3n) is 4.22. The summed E-state index contributed by atoms with van der Waals surface area (Å²) in [6.07, 6.45) is 0. The van der Waals surface area contributed by atoms with Gasteiger partial charge in [0.15, 0.2) is 0 Å². The van der Waals surface area contributed by atoms with Crippen molar-refractivity contribution in [2.24, 2.45) is 0 Å². The molecule has 120 valence electrons. The van der Waals surface area contributed by atoms with E-state index in [-0.39, 0.29) is 5.91 Å². The van der Waals surface area contributed by atoms with Crippen molar-refractivity contribution in [3.63, 3.8) is 0 Å². The monoisotopic (exact) mass is 349 g/mol. The number of benzene rings is 2. The number of halogens is 2. The Bertz CT molecular complexity index is 683. The van der Waals surface area contributed by atoms with Gasteiger partial charge >= 0.3 is 0 Å². The molecule has 2 aromatic rings. The van der Waals surface area contributed by atoms with Crippen molar-refractivity contribution in [1.82, 2.24) is 4.90 Å². The smallest absolute Gasteiger partial charge is 0.254 e. The van der Waals surface area contributed by atoms with Crippen LogP contribution in [0.1, 0.15) is 15.9 Å². The van der Waals surface area contributed by atoms with Gasteiger partial charge in [0.05, 0.1) is 36.2 Å². The molecule has 2 aromatic carbocycles. The van der Waals surface area contributed by atoms with Crippen LogP contribution in [0.25, 0.3) is 0 Å². The molecule has 0 unspecified atom stereocenters. The average Bonchev–Trinajstić information content (AvgIpc) is 2.58. The molecular weight excluding hydrogens is 331 g/mol. The van der Waals surface area contributed by atoms with Crippen LogP contribution in [0.3, 0.4) is 0 Å². The largest absolute Gasteiger partial charge is 0.328 e. The molecule has 5 heteroatoms. The Hall–Kier alpha value is -1.55. The van der Waals surface area contributed by atoms with Crippen molar-refractivity contribution in [2.75, 3.05) is 26.2 Å². The molecule has 1 heterocycles. The summed E-state index contributed by atoms with van der Waals surface area (Å²) in [5.74, 6) is 0.0299. The molecule has 0 aliphatic carbocycles. The third kappa shape index (κ3) is 4.05. The molecule has 1 aliphatic rings. The molecule has 1 aliphatic heterocycles. The zero-order valence-corrected chi connectivity index (χ0v) is 14.3. The Morgan fingerprint density at radius 3 is 2.35 bits per heavy atom. The van der Waals surface area contributed by atoms with Crippen LogP contribution in [0, 0.1) is 0 Å². The highest BCUT2D eigenvalue weighted by Gasteiger charge is 2.24. The molecule has 1 N–H and O–H groups in total. The van der Waals surface area contributed by atoms with E-state index in [9.17, 15) is 4.79 Å². The number of hydrogen-bond donors (Lipinski definition) is 1. The quantitative estimate of drug-likeness (QED) is 0.904. The normalized spacial score (nSPS) is 15.7. The van der Waals surface area contributed by atoms with Gasteiger partial charge in [0, 0.05) is 11.1 Å². The molecule has 1 saturated heterocycles. The molecular formula is C18H19Cl2N2O+. The lowest BCUT2D eigenvalue weighted by Gasteiger charge is -2.32. The molecule has 1 amide bonds. The van der Waals surface area contributed by atoms with Crippen LogP contribution in [-0.4, -0.2) is 37.0 Å². The van der Waals surface area contributed by atoms with Crippen molar-refractivity contribution in [1.29, 1.82) is 0 Å². The molecule has 0 atom stereocenters. The van der Waals surface area contributed by atoms with Crippen LogP contribution >= 0.6 is 23.2 Å². The Morgan fingerprint density at radius 1 is 1.00 bits per heavy atom. The fraction of sp³-hybridized carbons (Fsp3) is 0.278. The van der Waals surface area contributed by atoms with Crippen LogP contribution in [0.5, 0.6) is 0 Å².